The van der Waals surface area contributed by atoms with Gasteiger partial charge in [0.05, 0.1) is 19.6 Å². The number of hydrogen-bond acceptors (Lipinski definition) is 3. The average molecular weight is 345 g/mol. The Bertz CT molecular complexity index is 620. The van der Waals surface area contributed by atoms with E-state index < -0.39 is 0 Å². The number of nitrogens with zero attached hydrogens (tertiary/aromatic N) is 2. The lowest BCUT2D eigenvalue weighted by molar-refractivity contribution is -0.134. The van der Waals surface area contributed by atoms with E-state index in [-0.39, 0.29) is 11.9 Å². The average Bonchev–Trinajstić information content (AvgIpc) is 2.65. The molecule has 2 aliphatic heterocycles. The third-order valence-electron chi connectivity index (χ3n) is 4.89. The standard InChI is InChI=1S/C19H27N3O3/c1-15-13-16(14-18(23)21-9-11-25-12-10-21)5-6-17(15)20-19(24)22-7-3-2-4-8-22/h5-6,13H,2-4,7-12,14H2,1H3,(H,20,24). The van der Waals surface area contributed by atoms with Crippen LogP contribution in [-0.4, -0.2) is 61.1 Å². The molecule has 0 aromatic heterocycles. The van der Waals surface area contributed by atoms with Gasteiger partial charge in [-0.05, 0) is 43.4 Å². The smallest absolute Gasteiger partial charge is 0.321 e. The maximum atomic E-state index is 12.3. The number of aryl methyl sites for hydroxylation is 1. The highest BCUT2D eigenvalue weighted by atomic mass is 16.5. The molecular formula is C19H27N3O3. The highest BCUT2D eigenvalue weighted by molar-refractivity contribution is 5.90. The number of morpholine rings is 1. The van der Waals surface area contributed by atoms with E-state index >= 15 is 0 Å². The van der Waals surface area contributed by atoms with Crippen LogP contribution in [0, 0.1) is 6.92 Å². The van der Waals surface area contributed by atoms with Crippen LogP contribution in [0.2, 0.25) is 0 Å². The Labute approximate surface area is 149 Å². The van der Waals surface area contributed by atoms with E-state index in [2.05, 4.69) is 5.32 Å². The summed E-state index contributed by atoms with van der Waals surface area (Å²) in [5.74, 6) is 0.132. The fourth-order valence-corrected chi connectivity index (χ4v) is 3.37. The molecule has 2 heterocycles. The third kappa shape index (κ3) is 4.72. The molecule has 6 heteroatoms. The second kappa shape index (κ2) is 8.34. The monoisotopic (exact) mass is 345 g/mol. The molecule has 2 saturated heterocycles. The molecule has 136 valence electrons. The first-order valence-electron chi connectivity index (χ1n) is 9.14. The first-order chi connectivity index (χ1) is 12.1. The molecule has 0 saturated carbocycles. The molecule has 0 radical (unpaired) electrons. The van der Waals surface area contributed by atoms with Gasteiger partial charge < -0.3 is 19.9 Å². The third-order valence-corrected chi connectivity index (χ3v) is 4.89. The number of carbonyl (C=O) groups excluding carboxylic acids is 2. The lowest BCUT2D eigenvalue weighted by Crippen LogP contribution is -2.41. The number of hydrogen-bond donors (Lipinski definition) is 1. The summed E-state index contributed by atoms with van der Waals surface area (Å²) in [4.78, 5) is 28.4. The van der Waals surface area contributed by atoms with Gasteiger partial charge in [0.1, 0.15) is 0 Å². The summed E-state index contributed by atoms with van der Waals surface area (Å²) in [5, 5.41) is 3.00. The number of nitrogens with one attached hydrogen (secondary N) is 1. The largest absolute Gasteiger partial charge is 0.378 e. The Kier molecular flexibility index (Phi) is 5.91. The van der Waals surface area contributed by atoms with Gasteiger partial charge in [0.2, 0.25) is 5.91 Å². The minimum Gasteiger partial charge on any atom is -0.378 e. The number of carbonyl (C=O) groups is 2. The number of benzene rings is 1. The number of urea groups is 1. The molecule has 2 aliphatic rings. The van der Waals surface area contributed by atoms with Crippen LogP contribution >= 0.6 is 0 Å². The number of likely N-dealkylation sites (tertiary alicyclic amines) is 1. The molecule has 0 spiro atoms. The first kappa shape index (κ1) is 17.7. The summed E-state index contributed by atoms with van der Waals surface area (Å²) in [6.07, 6.45) is 3.75. The summed E-state index contributed by atoms with van der Waals surface area (Å²) < 4.78 is 5.28. The van der Waals surface area contributed by atoms with Gasteiger partial charge in [-0.3, -0.25) is 4.79 Å². The van der Waals surface area contributed by atoms with Crippen molar-refractivity contribution in [2.75, 3.05) is 44.7 Å². The summed E-state index contributed by atoms with van der Waals surface area (Å²) in [5.41, 5.74) is 2.78. The van der Waals surface area contributed by atoms with E-state index in [9.17, 15) is 9.59 Å². The van der Waals surface area contributed by atoms with E-state index in [0.717, 1.165) is 42.7 Å². The molecule has 1 aromatic rings. The number of ether oxygens (including phenoxy) is 1. The van der Waals surface area contributed by atoms with Crippen molar-refractivity contribution in [1.82, 2.24) is 9.80 Å². The van der Waals surface area contributed by atoms with E-state index in [1.165, 1.54) is 6.42 Å². The van der Waals surface area contributed by atoms with Crippen molar-refractivity contribution in [3.8, 4) is 0 Å². The molecule has 0 bridgehead atoms. The molecule has 0 unspecified atom stereocenters. The van der Waals surface area contributed by atoms with Crippen molar-refractivity contribution in [2.24, 2.45) is 0 Å². The molecule has 1 aromatic carbocycles. The molecule has 3 rings (SSSR count). The summed E-state index contributed by atoms with van der Waals surface area (Å²) >= 11 is 0. The van der Waals surface area contributed by atoms with Gasteiger partial charge in [-0.25, -0.2) is 4.79 Å². The van der Waals surface area contributed by atoms with Crippen LogP contribution in [0.25, 0.3) is 0 Å². The highest BCUT2D eigenvalue weighted by Gasteiger charge is 2.19. The molecule has 3 amide bonds. The van der Waals surface area contributed by atoms with Gasteiger partial charge >= 0.3 is 6.03 Å². The quantitative estimate of drug-likeness (QED) is 0.915. The maximum absolute atomic E-state index is 12.3. The van der Waals surface area contributed by atoms with E-state index in [0.29, 0.717) is 32.7 Å². The van der Waals surface area contributed by atoms with Crippen molar-refractivity contribution < 1.29 is 14.3 Å². The van der Waals surface area contributed by atoms with Crippen LogP contribution in [0.3, 0.4) is 0 Å². The van der Waals surface area contributed by atoms with Crippen molar-refractivity contribution >= 4 is 17.6 Å². The van der Waals surface area contributed by atoms with Crippen LogP contribution in [0.1, 0.15) is 30.4 Å². The Morgan fingerprint density at radius 1 is 1.04 bits per heavy atom. The van der Waals surface area contributed by atoms with Crippen LogP contribution < -0.4 is 5.32 Å². The number of amides is 3. The van der Waals surface area contributed by atoms with Gasteiger partial charge in [0.15, 0.2) is 0 Å². The number of rotatable bonds is 3. The summed E-state index contributed by atoms with van der Waals surface area (Å²) in [7, 11) is 0. The highest BCUT2D eigenvalue weighted by Crippen LogP contribution is 2.19. The second-order valence-electron chi connectivity index (χ2n) is 6.80. The lowest BCUT2D eigenvalue weighted by Gasteiger charge is -2.27. The van der Waals surface area contributed by atoms with Crippen LogP contribution in [0.5, 0.6) is 0 Å². The zero-order chi connectivity index (χ0) is 17.6. The van der Waals surface area contributed by atoms with Crippen molar-refractivity contribution in [1.29, 1.82) is 0 Å². The van der Waals surface area contributed by atoms with E-state index in [4.69, 9.17) is 4.74 Å². The summed E-state index contributed by atoms with van der Waals surface area (Å²) in [6, 6.07) is 5.79. The predicted molar refractivity (Wildman–Crippen MR) is 96.7 cm³/mol. The Hall–Kier alpha value is -2.08. The van der Waals surface area contributed by atoms with Gasteiger partial charge in [-0.1, -0.05) is 12.1 Å². The Morgan fingerprint density at radius 2 is 1.76 bits per heavy atom. The van der Waals surface area contributed by atoms with Gasteiger partial charge in [-0.15, -0.1) is 0 Å². The fourth-order valence-electron chi connectivity index (χ4n) is 3.37. The molecule has 6 nitrogen and oxygen atoms in total. The SMILES string of the molecule is Cc1cc(CC(=O)N2CCOCC2)ccc1NC(=O)N1CCCCC1. The summed E-state index contributed by atoms with van der Waals surface area (Å²) in [6.45, 7) is 6.20. The van der Waals surface area contributed by atoms with Gasteiger partial charge in [-0.2, -0.15) is 0 Å². The van der Waals surface area contributed by atoms with Crippen LogP contribution in [-0.2, 0) is 16.0 Å². The molecule has 0 atom stereocenters. The van der Waals surface area contributed by atoms with Gasteiger partial charge in [0, 0.05) is 31.9 Å². The van der Waals surface area contributed by atoms with Crippen molar-refractivity contribution in [2.45, 2.75) is 32.6 Å². The van der Waals surface area contributed by atoms with E-state index in [1.54, 1.807) is 0 Å². The van der Waals surface area contributed by atoms with Gasteiger partial charge in [0.25, 0.3) is 0 Å². The van der Waals surface area contributed by atoms with Crippen molar-refractivity contribution in [3.05, 3.63) is 29.3 Å². The topological polar surface area (TPSA) is 61.9 Å². The molecule has 1 N–H and O–H groups in total. The minimum atomic E-state index is -0.0278. The lowest BCUT2D eigenvalue weighted by atomic mass is 10.1. The fraction of sp³-hybridized carbons (Fsp3) is 0.579. The predicted octanol–water partition coefficient (Wildman–Crippen LogP) is 2.41. The Morgan fingerprint density at radius 3 is 2.44 bits per heavy atom. The van der Waals surface area contributed by atoms with Crippen LogP contribution in [0.15, 0.2) is 18.2 Å². The molecule has 0 aliphatic carbocycles. The maximum Gasteiger partial charge on any atom is 0.321 e. The minimum absolute atomic E-state index is 0.0278. The number of anilines is 1. The zero-order valence-corrected chi connectivity index (χ0v) is 14.9. The zero-order valence-electron chi connectivity index (χ0n) is 14.9. The Balaban J connectivity index is 1.58. The second-order valence-corrected chi connectivity index (χ2v) is 6.80. The molecule has 25 heavy (non-hydrogen) atoms. The first-order valence-corrected chi connectivity index (χ1v) is 9.14. The number of piperidine rings is 1. The van der Waals surface area contributed by atoms with E-state index in [1.807, 2.05) is 34.9 Å². The molecular weight excluding hydrogens is 318 g/mol. The van der Waals surface area contributed by atoms with Crippen LogP contribution in [0.4, 0.5) is 10.5 Å². The molecule has 2 fully saturated rings. The van der Waals surface area contributed by atoms with Crippen molar-refractivity contribution in [3.63, 3.8) is 0 Å². The normalized spacial score (nSPS) is 18.1.